The number of carbonyl (C=O) groups is 1. The van der Waals surface area contributed by atoms with E-state index >= 15 is 0 Å². The van der Waals surface area contributed by atoms with E-state index in [0.29, 0.717) is 12.8 Å². The van der Waals surface area contributed by atoms with Gasteiger partial charge in [0.25, 0.3) is 0 Å². The molecular formula is C15H26O3. The number of rotatable bonds is 2. The Bertz CT molecular complexity index is 357. The largest absolute Gasteiger partial charge is 0.392 e. The van der Waals surface area contributed by atoms with Gasteiger partial charge in [-0.25, -0.2) is 0 Å². The number of ketones is 1. The third-order valence-corrected chi connectivity index (χ3v) is 5.86. The van der Waals surface area contributed by atoms with Crippen LogP contribution in [0.5, 0.6) is 0 Å². The summed E-state index contributed by atoms with van der Waals surface area (Å²) in [4.78, 5) is 12.2. The maximum absolute atomic E-state index is 12.2. The number of hydrogen-bond acceptors (Lipinski definition) is 3. The van der Waals surface area contributed by atoms with Gasteiger partial charge in [0.15, 0.2) is 0 Å². The first kappa shape index (κ1) is 14.0. The molecule has 2 rings (SSSR count). The molecule has 2 saturated carbocycles. The molecule has 2 fully saturated rings. The van der Waals surface area contributed by atoms with Gasteiger partial charge in [0.2, 0.25) is 0 Å². The summed E-state index contributed by atoms with van der Waals surface area (Å²) in [5.74, 6) is 0.200. The van der Waals surface area contributed by atoms with E-state index in [1.54, 1.807) is 6.92 Å². The summed E-state index contributed by atoms with van der Waals surface area (Å²) in [6.07, 6.45) is 3.61. The molecule has 0 aromatic carbocycles. The van der Waals surface area contributed by atoms with E-state index in [0.717, 1.165) is 19.3 Å². The molecule has 0 aromatic heterocycles. The van der Waals surface area contributed by atoms with Crippen molar-refractivity contribution in [1.82, 2.24) is 0 Å². The van der Waals surface area contributed by atoms with E-state index < -0.39 is 17.1 Å². The Morgan fingerprint density at radius 2 is 1.83 bits per heavy atom. The SMILES string of the molecule is CC(=O)C12CC(C(C)(C)O)CCC1(C)CCC2O. The van der Waals surface area contributed by atoms with Crippen LogP contribution in [0, 0.1) is 16.7 Å². The Balaban J connectivity index is 2.40. The van der Waals surface area contributed by atoms with Crippen LogP contribution in [0.2, 0.25) is 0 Å². The van der Waals surface area contributed by atoms with Crippen molar-refractivity contribution < 1.29 is 15.0 Å². The molecule has 0 saturated heterocycles. The first-order chi connectivity index (χ1) is 8.13. The molecule has 0 aliphatic heterocycles. The van der Waals surface area contributed by atoms with Crippen molar-refractivity contribution in [2.24, 2.45) is 16.7 Å². The van der Waals surface area contributed by atoms with Gasteiger partial charge in [-0.05, 0) is 64.2 Å². The Morgan fingerprint density at radius 1 is 1.28 bits per heavy atom. The highest BCUT2D eigenvalue weighted by molar-refractivity contribution is 5.84. The lowest BCUT2D eigenvalue weighted by molar-refractivity contribution is -0.154. The molecule has 2 N–H and O–H groups in total. The van der Waals surface area contributed by atoms with Crippen LogP contribution >= 0.6 is 0 Å². The standard InChI is InChI=1S/C15H26O3/c1-10(16)15-9-11(13(2,3)18)5-7-14(15,4)8-6-12(15)17/h11-12,17-18H,5-9H2,1-4H3. The summed E-state index contributed by atoms with van der Waals surface area (Å²) in [7, 11) is 0. The first-order valence-corrected chi connectivity index (χ1v) is 7.05. The quantitative estimate of drug-likeness (QED) is 0.795. The molecule has 2 aliphatic carbocycles. The highest BCUT2D eigenvalue weighted by Gasteiger charge is 2.63. The average Bonchev–Trinajstić information content (AvgIpc) is 2.50. The summed E-state index contributed by atoms with van der Waals surface area (Å²) in [6, 6.07) is 0. The predicted octanol–water partition coefficient (Wildman–Crippen LogP) is 2.29. The van der Waals surface area contributed by atoms with Crippen molar-refractivity contribution in [1.29, 1.82) is 0 Å². The molecule has 0 bridgehead atoms. The van der Waals surface area contributed by atoms with Crippen molar-refractivity contribution in [3.05, 3.63) is 0 Å². The van der Waals surface area contributed by atoms with Gasteiger partial charge in [-0.1, -0.05) is 6.92 Å². The highest BCUT2D eigenvalue weighted by Crippen LogP contribution is 2.63. The predicted molar refractivity (Wildman–Crippen MR) is 70.1 cm³/mol. The van der Waals surface area contributed by atoms with E-state index in [-0.39, 0.29) is 17.1 Å². The van der Waals surface area contributed by atoms with Crippen LogP contribution in [0.4, 0.5) is 0 Å². The monoisotopic (exact) mass is 254 g/mol. The minimum Gasteiger partial charge on any atom is -0.392 e. The molecule has 4 atom stereocenters. The smallest absolute Gasteiger partial charge is 0.139 e. The third kappa shape index (κ3) is 1.75. The summed E-state index contributed by atoms with van der Waals surface area (Å²) >= 11 is 0. The lowest BCUT2D eigenvalue weighted by Gasteiger charge is -2.52. The average molecular weight is 254 g/mol. The number of carbonyl (C=O) groups excluding carboxylic acids is 1. The van der Waals surface area contributed by atoms with E-state index in [1.807, 2.05) is 13.8 Å². The summed E-state index contributed by atoms with van der Waals surface area (Å²) < 4.78 is 0. The number of hydrogen-bond donors (Lipinski definition) is 2. The lowest BCUT2D eigenvalue weighted by Crippen LogP contribution is -2.54. The number of aliphatic hydroxyl groups excluding tert-OH is 1. The topological polar surface area (TPSA) is 57.5 Å². The van der Waals surface area contributed by atoms with Crippen molar-refractivity contribution in [3.63, 3.8) is 0 Å². The van der Waals surface area contributed by atoms with Gasteiger partial charge >= 0.3 is 0 Å². The van der Waals surface area contributed by atoms with Crippen molar-refractivity contribution in [2.45, 2.75) is 71.5 Å². The van der Waals surface area contributed by atoms with Gasteiger partial charge in [0, 0.05) is 0 Å². The molecule has 2 aliphatic rings. The van der Waals surface area contributed by atoms with Crippen LogP contribution in [0.15, 0.2) is 0 Å². The summed E-state index contributed by atoms with van der Waals surface area (Å²) in [6.45, 7) is 7.38. The van der Waals surface area contributed by atoms with Crippen LogP contribution in [0.3, 0.4) is 0 Å². The molecule has 0 aromatic rings. The minimum atomic E-state index is -0.772. The van der Waals surface area contributed by atoms with Gasteiger partial charge < -0.3 is 10.2 Å². The molecule has 3 heteroatoms. The Kier molecular flexibility index (Phi) is 3.14. The van der Waals surface area contributed by atoms with E-state index in [2.05, 4.69) is 6.92 Å². The first-order valence-electron chi connectivity index (χ1n) is 7.05. The molecule has 0 spiro atoms. The Hall–Kier alpha value is -0.410. The summed E-state index contributed by atoms with van der Waals surface area (Å²) in [5, 5.41) is 20.6. The highest BCUT2D eigenvalue weighted by atomic mass is 16.3. The molecule has 0 heterocycles. The molecule has 0 radical (unpaired) electrons. The second-order valence-corrected chi connectivity index (χ2v) is 7.24. The molecular weight excluding hydrogens is 228 g/mol. The molecule has 0 amide bonds. The fourth-order valence-electron chi connectivity index (χ4n) is 4.45. The minimum absolute atomic E-state index is 0.0833. The number of Topliss-reactive ketones (excluding diaryl/α,β-unsaturated/α-hetero) is 1. The zero-order valence-corrected chi connectivity index (χ0v) is 12.0. The Labute approximate surface area is 110 Å². The van der Waals surface area contributed by atoms with Crippen molar-refractivity contribution in [2.75, 3.05) is 0 Å². The van der Waals surface area contributed by atoms with Crippen LogP contribution in [0.1, 0.15) is 59.8 Å². The van der Waals surface area contributed by atoms with Gasteiger partial charge in [-0.15, -0.1) is 0 Å². The van der Waals surface area contributed by atoms with Gasteiger partial charge in [0.1, 0.15) is 5.78 Å². The van der Waals surface area contributed by atoms with Gasteiger partial charge in [-0.2, -0.15) is 0 Å². The van der Waals surface area contributed by atoms with Gasteiger partial charge in [0.05, 0.1) is 17.1 Å². The number of aliphatic hydroxyl groups is 2. The summed E-state index contributed by atoms with van der Waals surface area (Å²) in [5.41, 5.74) is -1.48. The fourth-order valence-corrected chi connectivity index (χ4v) is 4.45. The molecule has 4 unspecified atom stereocenters. The van der Waals surface area contributed by atoms with Gasteiger partial charge in [-0.3, -0.25) is 4.79 Å². The second-order valence-electron chi connectivity index (χ2n) is 7.24. The van der Waals surface area contributed by atoms with Crippen LogP contribution in [-0.4, -0.2) is 27.7 Å². The lowest BCUT2D eigenvalue weighted by atomic mass is 9.52. The third-order valence-electron chi connectivity index (χ3n) is 5.86. The van der Waals surface area contributed by atoms with Crippen LogP contribution < -0.4 is 0 Å². The fraction of sp³-hybridized carbons (Fsp3) is 0.933. The zero-order chi connectivity index (χ0) is 13.8. The number of fused-ring (bicyclic) bond motifs is 1. The molecule has 18 heavy (non-hydrogen) atoms. The second kappa shape index (κ2) is 4.04. The van der Waals surface area contributed by atoms with Crippen LogP contribution in [0.25, 0.3) is 0 Å². The van der Waals surface area contributed by atoms with Crippen molar-refractivity contribution >= 4 is 5.78 Å². The van der Waals surface area contributed by atoms with E-state index in [1.165, 1.54) is 0 Å². The van der Waals surface area contributed by atoms with Crippen molar-refractivity contribution in [3.8, 4) is 0 Å². The maximum atomic E-state index is 12.2. The van der Waals surface area contributed by atoms with E-state index in [9.17, 15) is 15.0 Å². The zero-order valence-electron chi connectivity index (χ0n) is 12.0. The normalized spacial score (nSPS) is 44.8. The van der Waals surface area contributed by atoms with E-state index in [4.69, 9.17) is 0 Å². The Morgan fingerprint density at radius 3 is 2.33 bits per heavy atom. The maximum Gasteiger partial charge on any atom is 0.139 e. The molecule has 3 nitrogen and oxygen atoms in total. The molecule has 104 valence electrons. The van der Waals surface area contributed by atoms with Crippen LogP contribution in [-0.2, 0) is 4.79 Å².